The van der Waals surface area contributed by atoms with Crippen LogP contribution in [0.1, 0.15) is 22.8 Å². The summed E-state index contributed by atoms with van der Waals surface area (Å²) < 4.78 is 5.48. The van der Waals surface area contributed by atoms with Gasteiger partial charge in [-0.25, -0.2) is 0 Å². The summed E-state index contributed by atoms with van der Waals surface area (Å²) in [6.07, 6.45) is 0. The molecule has 0 aromatic heterocycles. The third kappa shape index (κ3) is 4.24. The SMILES string of the molecule is CCOc1cccc(CNc2cccc(C(=O)NC)c2)c1. The van der Waals surface area contributed by atoms with Gasteiger partial charge < -0.3 is 15.4 Å². The second kappa shape index (κ2) is 7.33. The summed E-state index contributed by atoms with van der Waals surface area (Å²) in [5.41, 5.74) is 2.69. The smallest absolute Gasteiger partial charge is 0.251 e. The molecule has 21 heavy (non-hydrogen) atoms. The molecule has 0 aliphatic rings. The zero-order valence-electron chi connectivity index (χ0n) is 12.3. The molecule has 110 valence electrons. The van der Waals surface area contributed by atoms with Gasteiger partial charge in [0.05, 0.1) is 6.61 Å². The number of benzene rings is 2. The van der Waals surface area contributed by atoms with Crippen molar-refractivity contribution in [3.05, 3.63) is 59.7 Å². The Bertz CT molecular complexity index is 611. The maximum atomic E-state index is 11.6. The zero-order valence-corrected chi connectivity index (χ0v) is 12.3. The number of hydrogen-bond donors (Lipinski definition) is 2. The van der Waals surface area contributed by atoms with E-state index < -0.39 is 0 Å². The Kier molecular flexibility index (Phi) is 5.21. The highest BCUT2D eigenvalue weighted by atomic mass is 16.5. The molecule has 0 saturated carbocycles. The first kappa shape index (κ1) is 14.9. The molecule has 0 saturated heterocycles. The lowest BCUT2D eigenvalue weighted by atomic mass is 10.1. The molecular weight excluding hydrogens is 264 g/mol. The van der Waals surface area contributed by atoms with Gasteiger partial charge in [0.25, 0.3) is 5.91 Å². The molecule has 2 aromatic rings. The number of hydrogen-bond acceptors (Lipinski definition) is 3. The van der Waals surface area contributed by atoms with E-state index in [4.69, 9.17) is 4.74 Å². The minimum Gasteiger partial charge on any atom is -0.494 e. The van der Waals surface area contributed by atoms with Gasteiger partial charge in [0.2, 0.25) is 0 Å². The monoisotopic (exact) mass is 284 g/mol. The van der Waals surface area contributed by atoms with Crippen molar-refractivity contribution in [2.75, 3.05) is 19.0 Å². The lowest BCUT2D eigenvalue weighted by Gasteiger charge is -2.09. The van der Waals surface area contributed by atoms with Crippen LogP contribution in [0.5, 0.6) is 5.75 Å². The molecule has 2 rings (SSSR count). The van der Waals surface area contributed by atoms with Gasteiger partial charge in [-0.05, 0) is 42.8 Å². The Labute approximate surface area is 125 Å². The highest BCUT2D eigenvalue weighted by Crippen LogP contribution is 2.16. The summed E-state index contributed by atoms with van der Waals surface area (Å²) in [6.45, 7) is 3.30. The molecule has 0 radical (unpaired) electrons. The molecule has 2 N–H and O–H groups in total. The molecule has 2 aromatic carbocycles. The molecule has 0 heterocycles. The van der Waals surface area contributed by atoms with Crippen molar-refractivity contribution in [1.82, 2.24) is 5.32 Å². The van der Waals surface area contributed by atoms with Crippen LogP contribution in [0.2, 0.25) is 0 Å². The summed E-state index contributed by atoms with van der Waals surface area (Å²) >= 11 is 0. The minimum absolute atomic E-state index is 0.0861. The van der Waals surface area contributed by atoms with E-state index in [1.807, 2.05) is 49.4 Å². The maximum absolute atomic E-state index is 11.6. The van der Waals surface area contributed by atoms with Crippen LogP contribution in [0, 0.1) is 0 Å². The highest BCUT2D eigenvalue weighted by molar-refractivity contribution is 5.94. The summed E-state index contributed by atoms with van der Waals surface area (Å²) in [5, 5.41) is 5.93. The van der Waals surface area contributed by atoms with Crippen LogP contribution in [-0.2, 0) is 6.54 Å². The summed E-state index contributed by atoms with van der Waals surface area (Å²) in [5.74, 6) is 0.785. The Balaban J connectivity index is 2.02. The second-order valence-electron chi connectivity index (χ2n) is 4.59. The molecule has 4 heteroatoms. The van der Waals surface area contributed by atoms with Crippen molar-refractivity contribution < 1.29 is 9.53 Å². The normalized spacial score (nSPS) is 10.0. The molecule has 4 nitrogen and oxygen atoms in total. The lowest BCUT2D eigenvalue weighted by molar-refractivity contribution is 0.0963. The van der Waals surface area contributed by atoms with E-state index >= 15 is 0 Å². The fourth-order valence-corrected chi connectivity index (χ4v) is 2.03. The van der Waals surface area contributed by atoms with Crippen molar-refractivity contribution in [3.63, 3.8) is 0 Å². The van der Waals surface area contributed by atoms with E-state index in [1.165, 1.54) is 0 Å². The van der Waals surface area contributed by atoms with Gasteiger partial charge in [-0.3, -0.25) is 4.79 Å². The number of carbonyl (C=O) groups excluding carboxylic acids is 1. The van der Waals surface area contributed by atoms with Gasteiger partial charge in [-0.2, -0.15) is 0 Å². The van der Waals surface area contributed by atoms with E-state index in [-0.39, 0.29) is 5.91 Å². The Morgan fingerprint density at radius 1 is 1.14 bits per heavy atom. The number of rotatable bonds is 6. The van der Waals surface area contributed by atoms with Crippen LogP contribution in [-0.4, -0.2) is 19.6 Å². The topological polar surface area (TPSA) is 50.4 Å². The van der Waals surface area contributed by atoms with Gasteiger partial charge in [0.1, 0.15) is 5.75 Å². The van der Waals surface area contributed by atoms with Gasteiger partial charge in [0, 0.05) is 24.8 Å². The Morgan fingerprint density at radius 3 is 2.71 bits per heavy atom. The molecular formula is C17H20N2O2. The van der Waals surface area contributed by atoms with Crippen molar-refractivity contribution in [2.24, 2.45) is 0 Å². The van der Waals surface area contributed by atoms with Gasteiger partial charge in [-0.1, -0.05) is 18.2 Å². The lowest BCUT2D eigenvalue weighted by Crippen LogP contribution is -2.17. The Morgan fingerprint density at radius 2 is 1.95 bits per heavy atom. The first-order valence-corrected chi connectivity index (χ1v) is 7.00. The average Bonchev–Trinajstić information content (AvgIpc) is 2.53. The van der Waals surface area contributed by atoms with Gasteiger partial charge in [0.15, 0.2) is 0 Å². The third-order valence-corrected chi connectivity index (χ3v) is 3.06. The summed E-state index contributed by atoms with van der Waals surface area (Å²) in [4.78, 5) is 11.6. The second-order valence-corrected chi connectivity index (χ2v) is 4.59. The van der Waals surface area contributed by atoms with Crippen molar-refractivity contribution in [2.45, 2.75) is 13.5 Å². The van der Waals surface area contributed by atoms with E-state index in [1.54, 1.807) is 13.1 Å². The molecule has 0 fully saturated rings. The van der Waals surface area contributed by atoms with E-state index in [0.717, 1.165) is 17.0 Å². The predicted molar refractivity (Wildman–Crippen MR) is 84.8 cm³/mol. The quantitative estimate of drug-likeness (QED) is 0.857. The molecule has 0 aliphatic heterocycles. The van der Waals surface area contributed by atoms with Crippen LogP contribution < -0.4 is 15.4 Å². The number of anilines is 1. The fraction of sp³-hybridized carbons (Fsp3) is 0.235. The van der Waals surface area contributed by atoms with Crippen molar-refractivity contribution in [1.29, 1.82) is 0 Å². The largest absolute Gasteiger partial charge is 0.494 e. The van der Waals surface area contributed by atoms with Crippen molar-refractivity contribution in [3.8, 4) is 5.75 Å². The third-order valence-electron chi connectivity index (χ3n) is 3.06. The molecule has 0 spiro atoms. The fourth-order valence-electron chi connectivity index (χ4n) is 2.03. The number of nitrogens with one attached hydrogen (secondary N) is 2. The van der Waals surface area contributed by atoms with Crippen LogP contribution >= 0.6 is 0 Å². The predicted octanol–water partition coefficient (Wildman–Crippen LogP) is 3.06. The van der Waals surface area contributed by atoms with Crippen LogP contribution in [0.25, 0.3) is 0 Å². The highest BCUT2D eigenvalue weighted by Gasteiger charge is 2.03. The van der Waals surface area contributed by atoms with Gasteiger partial charge >= 0.3 is 0 Å². The van der Waals surface area contributed by atoms with Gasteiger partial charge in [-0.15, -0.1) is 0 Å². The standard InChI is InChI=1S/C17H20N2O2/c1-3-21-16-9-4-6-13(10-16)12-19-15-8-5-7-14(11-15)17(20)18-2/h4-11,19H,3,12H2,1-2H3,(H,18,20). The van der Waals surface area contributed by atoms with Crippen LogP contribution in [0.4, 0.5) is 5.69 Å². The molecule has 1 amide bonds. The molecule has 0 unspecified atom stereocenters. The van der Waals surface area contributed by atoms with E-state index in [0.29, 0.717) is 18.7 Å². The first-order chi connectivity index (χ1) is 10.2. The number of amides is 1. The number of carbonyl (C=O) groups is 1. The van der Waals surface area contributed by atoms with E-state index in [2.05, 4.69) is 10.6 Å². The zero-order chi connectivity index (χ0) is 15.1. The summed E-state index contributed by atoms with van der Waals surface area (Å²) in [7, 11) is 1.63. The minimum atomic E-state index is -0.0861. The molecule has 0 bridgehead atoms. The average molecular weight is 284 g/mol. The molecule has 0 aliphatic carbocycles. The maximum Gasteiger partial charge on any atom is 0.251 e. The summed E-state index contributed by atoms with van der Waals surface area (Å²) in [6, 6.07) is 15.4. The van der Waals surface area contributed by atoms with Crippen molar-refractivity contribution >= 4 is 11.6 Å². The number of ether oxygens (including phenoxy) is 1. The van der Waals surface area contributed by atoms with E-state index in [9.17, 15) is 4.79 Å². The first-order valence-electron chi connectivity index (χ1n) is 7.00. The molecule has 0 atom stereocenters. The van der Waals surface area contributed by atoms with Crippen LogP contribution in [0.15, 0.2) is 48.5 Å². The Hall–Kier alpha value is -2.49. The van der Waals surface area contributed by atoms with Crippen LogP contribution in [0.3, 0.4) is 0 Å².